The Morgan fingerprint density at radius 2 is 1.91 bits per heavy atom. The molecule has 0 amide bonds. The van der Waals surface area contributed by atoms with Crippen molar-refractivity contribution in [3.05, 3.63) is 54.0 Å². The molecule has 0 aliphatic rings. The topological polar surface area (TPSA) is 82.8 Å². The van der Waals surface area contributed by atoms with Gasteiger partial charge in [-0.05, 0) is 36.4 Å². The Kier molecular flexibility index (Phi) is 5.54. The molecule has 0 saturated heterocycles. The van der Waals surface area contributed by atoms with E-state index in [1.807, 2.05) is 31.1 Å². The van der Waals surface area contributed by atoms with E-state index in [2.05, 4.69) is 5.32 Å². The first kappa shape index (κ1) is 16.8. The van der Waals surface area contributed by atoms with Crippen molar-refractivity contribution < 1.29 is 19.1 Å². The van der Waals surface area contributed by atoms with Gasteiger partial charge in [0.1, 0.15) is 5.76 Å². The Bertz CT molecular complexity index is 648. The number of furan rings is 1. The van der Waals surface area contributed by atoms with Crippen molar-refractivity contribution in [2.45, 2.75) is 19.0 Å². The number of carbonyl (C=O) groups excluding carboxylic acids is 1. The fourth-order valence-electron chi connectivity index (χ4n) is 2.19. The van der Waals surface area contributed by atoms with E-state index in [4.69, 9.17) is 9.52 Å². The van der Waals surface area contributed by atoms with Crippen molar-refractivity contribution in [1.82, 2.24) is 5.32 Å². The Morgan fingerprint density at radius 1 is 1.22 bits per heavy atom. The van der Waals surface area contributed by atoms with E-state index < -0.39 is 12.0 Å². The maximum absolute atomic E-state index is 12.6. The highest BCUT2D eigenvalue weighted by Crippen LogP contribution is 2.15. The van der Waals surface area contributed by atoms with Gasteiger partial charge in [-0.2, -0.15) is 0 Å². The van der Waals surface area contributed by atoms with Crippen molar-refractivity contribution >= 4 is 17.4 Å². The number of anilines is 1. The van der Waals surface area contributed by atoms with Gasteiger partial charge in [0.05, 0.1) is 25.3 Å². The third-order valence-corrected chi connectivity index (χ3v) is 3.47. The van der Waals surface area contributed by atoms with Crippen LogP contribution in [0.3, 0.4) is 0 Å². The van der Waals surface area contributed by atoms with E-state index in [-0.39, 0.29) is 12.2 Å². The van der Waals surface area contributed by atoms with Crippen molar-refractivity contribution in [3.63, 3.8) is 0 Å². The Morgan fingerprint density at radius 3 is 2.43 bits per heavy atom. The molecule has 0 saturated carbocycles. The smallest absolute Gasteiger partial charge is 0.305 e. The van der Waals surface area contributed by atoms with Gasteiger partial charge in [-0.1, -0.05) is 0 Å². The molecule has 2 rings (SSSR count). The summed E-state index contributed by atoms with van der Waals surface area (Å²) < 4.78 is 5.19. The Hall–Kier alpha value is -2.60. The van der Waals surface area contributed by atoms with Crippen molar-refractivity contribution in [1.29, 1.82) is 0 Å². The van der Waals surface area contributed by atoms with E-state index in [0.29, 0.717) is 17.9 Å². The maximum atomic E-state index is 12.6. The molecule has 6 nitrogen and oxygen atoms in total. The zero-order chi connectivity index (χ0) is 16.8. The molecule has 1 unspecified atom stereocenters. The summed E-state index contributed by atoms with van der Waals surface area (Å²) in [5.41, 5.74) is 1.45. The molecule has 0 radical (unpaired) electrons. The number of carbonyl (C=O) groups is 2. The minimum absolute atomic E-state index is 0.246. The third-order valence-electron chi connectivity index (χ3n) is 3.47. The summed E-state index contributed by atoms with van der Waals surface area (Å²) in [5.74, 6) is -0.624. The van der Waals surface area contributed by atoms with E-state index >= 15 is 0 Å². The number of ketones is 1. The van der Waals surface area contributed by atoms with Crippen LogP contribution in [0, 0.1) is 0 Å². The average Bonchev–Trinajstić information content (AvgIpc) is 3.04. The van der Waals surface area contributed by atoms with Gasteiger partial charge in [0.2, 0.25) is 0 Å². The second-order valence-electron chi connectivity index (χ2n) is 5.42. The third kappa shape index (κ3) is 4.69. The highest BCUT2D eigenvalue weighted by Gasteiger charge is 2.23. The number of carboxylic acid groups (broad SMARTS) is 1. The lowest BCUT2D eigenvalue weighted by atomic mass is 10.0. The monoisotopic (exact) mass is 316 g/mol. The standard InChI is InChI=1S/C17H20N2O4/c1-19(2)13-7-5-12(6-8-13)17(22)15(10-16(20)21)18-11-14-4-3-9-23-14/h3-9,15,18H,10-11H2,1-2H3,(H,20,21). The SMILES string of the molecule is CN(C)c1ccc(C(=O)C(CC(=O)O)NCc2ccco2)cc1. The Labute approximate surface area is 134 Å². The first-order chi connectivity index (χ1) is 11.0. The predicted octanol–water partition coefficient (Wildman–Crippen LogP) is 2.16. The molecule has 0 fully saturated rings. The lowest BCUT2D eigenvalue weighted by molar-refractivity contribution is -0.137. The molecule has 0 aliphatic heterocycles. The molecular formula is C17H20N2O4. The molecule has 2 N–H and O–H groups in total. The van der Waals surface area contributed by atoms with Crippen LogP contribution in [-0.4, -0.2) is 37.0 Å². The normalized spacial score (nSPS) is 11.9. The van der Waals surface area contributed by atoms with Gasteiger partial charge < -0.3 is 14.4 Å². The number of nitrogens with zero attached hydrogens (tertiary/aromatic N) is 1. The largest absolute Gasteiger partial charge is 0.481 e. The van der Waals surface area contributed by atoms with E-state index in [1.54, 1.807) is 24.3 Å². The van der Waals surface area contributed by atoms with Gasteiger partial charge in [-0.3, -0.25) is 14.9 Å². The van der Waals surface area contributed by atoms with Crippen LogP contribution in [0.5, 0.6) is 0 Å². The molecule has 0 aliphatic carbocycles. The van der Waals surface area contributed by atoms with Gasteiger partial charge in [-0.25, -0.2) is 0 Å². The van der Waals surface area contributed by atoms with Gasteiger partial charge >= 0.3 is 5.97 Å². The molecule has 1 aromatic carbocycles. The maximum Gasteiger partial charge on any atom is 0.305 e. The van der Waals surface area contributed by atoms with Gasteiger partial charge in [0.15, 0.2) is 5.78 Å². The number of carboxylic acids is 1. The summed E-state index contributed by atoms with van der Waals surface area (Å²) in [4.78, 5) is 25.5. The summed E-state index contributed by atoms with van der Waals surface area (Å²) in [5, 5.41) is 12.0. The van der Waals surface area contributed by atoms with Crippen LogP contribution in [-0.2, 0) is 11.3 Å². The average molecular weight is 316 g/mol. The van der Waals surface area contributed by atoms with Crippen molar-refractivity contribution in [3.8, 4) is 0 Å². The minimum atomic E-state index is -1.03. The highest BCUT2D eigenvalue weighted by atomic mass is 16.4. The number of hydrogen-bond donors (Lipinski definition) is 2. The number of nitrogens with one attached hydrogen (secondary N) is 1. The van der Waals surface area contributed by atoms with Crippen LogP contribution in [0.2, 0.25) is 0 Å². The quantitative estimate of drug-likeness (QED) is 0.726. The fraction of sp³-hybridized carbons (Fsp3) is 0.294. The predicted molar refractivity (Wildman–Crippen MR) is 86.7 cm³/mol. The summed E-state index contributed by atoms with van der Waals surface area (Å²) in [6.07, 6.45) is 1.25. The zero-order valence-corrected chi connectivity index (χ0v) is 13.2. The van der Waals surface area contributed by atoms with Crippen LogP contribution < -0.4 is 10.2 Å². The molecule has 2 aromatic rings. The van der Waals surface area contributed by atoms with E-state index in [1.165, 1.54) is 6.26 Å². The molecular weight excluding hydrogens is 296 g/mol. The van der Waals surface area contributed by atoms with Crippen LogP contribution >= 0.6 is 0 Å². The van der Waals surface area contributed by atoms with Gasteiger partial charge in [0.25, 0.3) is 0 Å². The van der Waals surface area contributed by atoms with Gasteiger partial charge in [0, 0.05) is 25.3 Å². The number of benzene rings is 1. The summed E-state index contributed by atoms with van der Waals surface area (Å²) in [6.45, 7) is 0.298. The molecule has 1 aromatic heterocycles. The van der Waals surface area contributed by atoms with Crippen molar-refractivity contribution in [2.24, 2.45) is 0 Å². The molecule has 0 spiro atoms. The molecule has 122 valence electrons. The van der Waals surface area contributed by atoms with E-state index in [0.717, 1.165) is 5.69 Å². The van der Waals surface area contributed by atoms with Crippen LogP contribution in [0.15, 0.2) is 47.1 Å². The summed E-state index contributed by atoms with van der Waals surface area (Å²) in [7, 11) is 3.82. The second-order valence-corrected chi connectivity index (χ2v) is 5.42. The van der Waals surface area contributed by atoms with Crippen LogP contribution in [0.25, 0.3) is 0 Å². The number of aliphatic carboxylic acids is 1. The lowest BCUT2D eigenvalue weighted by Gasteiger charge is -2.16. The fourth-order valence-corrected chi connectivity index (χ4v) is 2.19. The molecule has 1 atom stereocenters. The number of rotatable bonds is 8. The molecule has 6 heteroatoms. The number of hydrogen-bond acceptors (Lipinski definition) is 5. The summed E-state index contributed by atoms with van der Waals surface area (Å²) in [6, 6.07) is 9.78. The lowest BCUT2D eigenvalue weighted by Crippen LogP contribution is -2.38. The van der Waals surface area contributed by atoms with E-state index in [9.17, 15) is 9.59 Å². The zero-order valence-electron chi connectivity index (χ0n) is 13.2. The van der Waals surface area contributed by atoms with Crippen molar-refractivity contribution in [2.75, 3.05) is 19.0 Å². The van der Waals surface area contributed by atoms with Crippen LogP contribution in [0.4, 0.5) is 5.69 Å². The van der Waals surface area contributed by atoms with Crippen LogP contribution in [0.1, 0.15) is 22.5 Å². The van der Waals surface area contributed by atoms with Gasteiger partial charge in [-0.15, -0.1) is 0 Å². The first-order valence-corrected chi connectivity index (χ1v) is 7.26. The summed E-state index contributed by atoms with van der Waals surface area (Å²) >= 11 is 0. The Balaban J connectivity index is 2.10. The second kappa shape index (κ2) is 7.60. The molecule has 23 heavy (non-hydrogen) atoms. The highest BCUT2D eigenvalue weighted by molar-refractivity contribution is 6.01. The first-order valence-electron chi connectivity index (χ1n) is 7.26. The molecule has 0 bridgehead atoms. The minimum Gasteiger partial charge on any atom is -0.481 e. The number of Topliss-reactive ketones (excluding diaryl/α,β-unsaturated/α-hetero) is 1. The molecule has 1 heterocycles.